The summed E-state index contributed by atoms with van der Waals surface area (Å²) in [6, 6.07) is 11.9. The van der Waals surface area contributed by atoms with Gasteiger partial charge in [-0.3, -0.25) is 9.89 Å². The lowest BCUT2D eigenvalue weighted by Crippen LogP contribution is -2.45. The fraction of sp³-hybridized carbons (Fsp3) is 0.708. The maximum absolute atomic E-state index is 4.85. The largest absolute Gasteiger partial charge is 0.357 e. The highest BCUT2D eigenvalue weighted by atomic mass is 127. The summed E-state index contributed by atoms with van der Waals surface area (Å²) in [6.45, 7) is 14.4. The summed E-state index contributed by atoms with van der Waals surface area (Å²) >= 11 is 0. The first-order valence-corrected chi connectivity index (χ1v) is 11.9. The van der Waals surface area contributed by atoms with Gasteiger partial charge in [-0.1, -0.05) is 30.3 Å². The molecule has 2 unspecified atom stereocenters. The lowest BCUT2D eigenvalue weighted by Gasteiger charge is -2.32. The van der Waals surface area contributed by atoms with E-state index in [0.29, 0.717) is 12.1 Å². The molecule has 0 amide bonds. The molecule has 2 aliphatic rings. The summed E-state index contributed by atoms with van der Waals surface area (Å²) in [7, 11) is 2.22. The third-order valence-electron chi connectivity index (χ3n) is 6.37. The number of halogens is 1. The number of unbranched alkanes of at least 4 members (excludes halogenated alkanes) is 1. The third kappa shape index (κ3) is 9.24. The Bertz CT molecular complexity index is 632. The Kier molecular flexibility index (Phi) is 12.1. The van der Waals surface area contributed by atoms with E-state index in [9.17, 15) is 0 Å². The van der Waals surface area contributed by atoms with Crippen molar-refractivity contribution in [1.82, 2.24) is 25.3 Å². The van der Waals surface area contributed by atoms with Gasteiger partial charge < -0.3 is 20.4 Å². The molecular weight excluding hydrogens is 499 g/mol. The van der Waals surface area contributed by atoms with Gasteiger partial charge in [0.2, 0.25) is 0 Å². The number of likely N-dealkylation sites (N-methyl/N-ethyl adjacent to an activating group) is 1. The number of hydrogen-bond donors (Lipinski definition) is 2. The van der Waals surface area contributed by atoms with Crippen LogP contribution in [0, 0.1) is 0 Å². The molecule has 31 heavy (non-hydrogen) atoms. The summed E-state index contributed by atoms with van der Waals surface area (Å²) in [4.78, 5) is 12.4. The fourth-order valence-corrected chi connectivity index (χ4v) is 4.46. The molecule has 0 spiro atoms. The number of aliphatic imine (C=N–C) groups is 1. The minimum Gasteiger partial charge on any atom is -0.357 e. The van der Waals surface area contributed by atoms with Gasteiger partial charge in [0.1, 0.15) is 0 Å². The summed E-state index contributed by atoms with van der Waals surface area (Å²) in [5, 5.41) is 7.13. The molecule has 0 aromatic heterocycles. The normalized spacial score (nSPS) is 23.5. The van der Waals surface area contributed by atoms with Crippen molar-refractivity contribution in [3.05, 3.63) is 35.9 Å². The van der Waals surface area contributed by atoms with Gasteiger partial charge in [0, 0.05) is 64.4 Å². The number of piperazine rings is 1. The van der Waals surface area contributed by atoms with Crippen molar-refractivity contribution in [3.63, 3.8) is 0 Å². The molecule has 3 rings (SSSR count). The Morgan fingerprint density at radius 2 is 1.84 bits per heavy atom. The van der Waals surface area contributed by atoms with Crippen molar-refractivity contribution in [2.45, 2.75) is 51.7 Å². The zero-order valence-corrected chi connectivity index (χ0v) is 22.1. The van der Waals surface area contributed by atoms with Gasteiger partial charge in [0.25, 0.3) is 0 Å². The van der Waals surface area contributed by atoms with E-state index >= 15 is 0 Å². The average Bonchev–Trinajstić information content (AvgIpc) is 3.08. The SMILES string of the molecule is CCNC(=NCCCCN1CCN(C)CC1)NC1CC(C)N(Cc2ccccc2)C1.I. The zero-order valence-electron chi connectivity index (χ0n) is 19.7. The topological polar surface area (TPSA) is 46.1 Å². The minimum atomic E-state index is 0. The summed E-state index contributed by atoms with van der Waals surface area (Å²) in [6.07, 6.45) is 3.56. The average molecular weight is 543 g/mol. The Balaban J connectivity index is 0.00000341. The van der Waals surface area contributed by atoms with E-state index in [2.05, 4.69) is 76.6 Å². The van der Waals surface area contributed by atoms with Crippen LogP contribution in [0.2, 0.25) is 0 Å². The van der Waals surface area contributed by atoms with E-state index in [4.69, 9.17) is 4.99 Å². The number of rotatable bonds is 9. The number of benzene rings is 1. The van der Waals surface area contributed by atoms with Gasteiger partial charge in [-0.2, -0.15) is 0 Å². The Morgan fingerprint density at radius 3 is 2.55 bits per heavy atom. The first kappa shape index (κ1) is 26.4. The van der Waals surface area contributed by atoms with E-state index < -0.39 is 0 Å². The van der Waals surface area contributed by atoms with Crippen LogP contribution in [-0.2, 0) is 6.54 Å². The van der Waals surface area contributed by atoms with E-state index in [1.807, 2.05) is 0 Å². The van der Waals surface area contributed by atoms with Crippen LogP contribution < -0.4 is 10.6 Å². The van der Waals surface area contributed by atoms with Crippen LogP contribution in [0.5, 0.6) is 0 Å². The van der Waals surface area contributed by atoms with Gasteiger partial charge >= 0.3 is 0 Å². The molecule has 0 saturated carbocycles. The van der Waals surface area contributed by atoms with Crippen molar-refractivity contribution in [3.8, 4) is 0 Å². The van der Waals surface area contributed by atoms with Crippen LogP contribution in [-0.4, -0.2) is 92.1 Å². The lowest BCUT2D eigenvalue weighted by atomic mass is 10.2. The number of hydrogen-bond acceptors (Lipinski definition) is 4. The molecular formula is C24H43IN6. The lowest BCUT2D eigenvalue weighted by molar-refractivity contribution is 0.152. The first-order valence-electron chi connectivity index (χ1n) is 11.9. The van der Waals surface area contributed by atoms with Crippen LogP contribution in [0.4, 0.5) is 0 Å². The van der Waals surface area contributed by atoms with Gasteiger partial charge in [0.05, 0.1) is 0 Å². The van der Waals surface area contributed by atoms with Crippen molar-refractivity contribution < 1.29 is 0 Å². The van der Waals surface area contributed by atoms with Gasteiger partial charge in [-0.15, -0.1) is 24.0 Å². The van der Waals surface area contributed by atoms with E-state index in [1.54, 1.807) is 0 Å². The quantitative estimate of drug-likeness (QED) is 0.218. The van der Waals surface area contributed by atoms with Crippen LogP contribution in [0.1, 0.15) is 38.7 Å². The summed E-state index contributed by atoms with van der Waals surface area (Å²) < 4.78 is 0. The van der Waals surface area contributed by atoms with E-state index in [1.165, 1.54) is 51.1 Å². The van der Waals surface area contributed by atoms with Crippen molar-refractivity contribution in [1.29, 1.82) is 0 Å². The van der Waals surface area contributed by atoms with Crippen molar-refractivity contribution >= 4 is 29.9 Å². The highest BCUT2D eigenvalue weighted by Gasteiger charge is 2.29. The standard InChI is InChI=1S/C24H42N6.HI/c1-4-25-24(26-12-8-9-13-29-16-14-28(3)15-17-29)27-23-18-21(2)30(20-23)19-22-10-6-5-7-11-22;/h5-7,10-11,21,23H,4,8-9,12-20H2,1-3H3,(H2,25,26,27);1H. The van der Waals surface area contributed by atoms with Gasteiger partial charge in [-0.05, 0) is 52.3 Å². The Morgan fingerprint density at radius 1 is 1.10 bits per heavy atom. The Hall–Kier alpha value is -0.900. The molecule has 2 atom stereocenters. The maximum atomic E-state index is 4.85. The van der Waals surface area contributed by atoms with Gasteiger partial charge in [-0.25, -0.2) is 0 Å². The molecule has 2 saturated heterocycles. The number of guanidine groups is 1. The Labute approximate surface area is 206 Å². The highest BCUT2D eigenvalue weighted by Crippen LogP contribution is 2.20. The van der Waals surface area contributed by atoms with E-state index in [0.717, 1.165) is 38.6 Å². The second kappa shape index (κ2) is 14.3. The monoisotopic (exact) mass is 542 g/mol. The fourth-order valence-electron chi connectivity index (χ4n) is 4.46. The van der Waals surface area contributed by atoms with Crippen molar-refractivity contribution in [2.75, 3.05) is 59.4 Å². The predicted molar refractivity (Wildman–Crippen MR) is 142 cm³/mol. The van der Waals surface area contributed by atoms with E-state index in [-0.39, 0.29) is 24.0 Å². The molecule has 1 aromatic rings. The van der Waals surface area contributed by atoms with Crippen LogP contribution >= 0.6 is 24.0 Å². The first-order chi connectivity index (χ1) is 14.6. The van der Waals surface area contributed by atoms with Crippen LogP contribution in [0.3, 0.4) is 0 Å². The van der Waals surface area contributed by atoms with Gasteiger partial charge in [0.15, 0.2) is 5.96 Å². The predicted octanol–water partition coefficient (Wildman–Crippen LogP) is 2.85. The third-order valence-corrected chi connectivity index (χ3v) is 6.37. The summed E-state index contributed by atoms with van der Waals surface area (Å²) in [5.74, 6) is 0.982. The molecule has 0 radical (unpaired) electrons. The molecule has 7 heteroatoms. The molecule has 1 aromatic carbocycles. The van der Waals surface area contributed by atoms with Crippen LogP contribution in [0.25, 0.3) is 0 Å². The second-order valence-electron chi connectivity index (χ2n) is 8.95. The number of nitrogens with one attached hydrogen (secondary N) is 2. The zero-order chi connectivity index (χ0) is 21.2. The number of likely N-dealkylation sites (tertiary alicyclic amines) is 1. The molecule has 2 N–H and O–H groups in total. The number of nitrogens with zero attached hydrogens (tertiary/aromatic N) is 4. The molecule has 2 heterocycles. The molecule has 2 aliphatic heterocycles. The second-order valence-corrected chi connectivity index (χ2v) is 8.95. The minimum absolute atomic E-state index is 0. The molecule has 0 aliphatic carbocycles. The summed E-state index contributed by atoms with van der Waals surface area (Å²) in [5.41, 5.74) is 1.39. The molecule has 6 nitrogen and oxygen atoms in total. The van der Waals surface area contributed by atoms with Crippen molar-refractivity contribution in [2.24, 2.45) is 4.99 Å². The molecule has 0 bridgehead atoms. The molecule has 2 fully saturated rings. The smallest absolute Gasteiger partial charge is 0.191 e. The van der Waals surface area contributed by atoms with Crippen LogP contribution in [0.15, 0.2) is 35.3 Å². The molecule has 176 valence electrons. The maximum Gasteiger partial charge on any atom is 0.191 e. The highest BCUT2D eigenvalue weighted by molar-refractivity contribution is 14.0.